The Kier molecular flexibility index (Phi) is 2.89. The molecule has 0 amide bonds. The predicted molar refractivity (Wildman–Crippen MR) is 63.5 cm³/mol. The standard InChI is InChI=1S/C12H16ClNO/c1-12(9-15)7-2-8-14(12)11-5-3-10(13)4-6-11/h3-6,15H,2,7-9H2,1H3/t12-/m0/s1. The van der Waals surface area contributed by atoms with E-state index < -0.39 is 0 Å². The first-order valence-electron chi connectivity index (χ1n) is 5.30. The molecule has 1 aliphatic heterocycles. The van der Waals surface area contributed by atoms with Crippen molar-refractivity contribution in [1.82, 2.24) is 0 Å². The number of hydrogen-bond donors (Lipinski definition) is 1. The van der Waals surface area contributed by atoms with E-state index in [1.165, 1.54) is 0 Å². The molecule has 0 spiro atoms. The van der Waals surface area contributed by atoms with E-state index in [-0.39, 0.29) is 12.1 Å². The lowest BCUT2D eigenvalue weighted by Crippen LogP contribution is -2.44. The van der Waals surface area contributed by atoms with E-state index in [0.29, 0.717) is 0 Å². The van der Waals surface area contributed by atoms with Gasteiger partial charge in [0.1, 0.15) is 0 Å². The van der Waals surface area contributed by atoms with Crippen molar-refractivity contribution in [2.75, 3.05) is 18.1 Å². The molecule has 1 saturated heterocycles. The van der Waals surface area contributed by atoms with Crippen LogP contribution in [0.1, 0.15) is 19.8 Å². The molecule has 2 rings (SSSR count). The molecule has 1 heterocycles. The van der Waals surface area contributed by atoms with Crippen LogP contribution in [0.3, 0.4) is 0 Å². The summed E-state index contributed by atoms with van der Waals surface area (Å²) < 4.78 is 0. The number of hydrogen-bond acceptors (Lipinski definition) is 2. The summed E-state index contributed by atoms with van der Waals surface area (Å²) in [7, 11) is 0. The van der Waals surface area contributed by atoms with Crippen molar-refractivity contribution in [3.8, 4) is 0 Å². The van der Waals surface area contributed by atoms with E-state index in [4.69, 9.17) is 11.6 Å². The maximum Gasteiger partial charge on any atom is 0.0661 e. The molecule has 0 bridgehead atoms. The van der Waals surface area contributed by atoms with E-state index in [0.717, 1.165) is 30.1 Å². The molecule has 1 aliphatic rings. The molecule has 0 saturated carbocycles. The molecular weight excluding hydrogens is 210 g/mol. The van der Waals surface area contributed by atoms with Gasteiger partial charge in [-0.25, -0.2) is 0 Å². The quantitative estimate of drug-likeness (QED) is 0.837. The number of benzene rings is 1. The Labute approximate surface area is 95.5 Å². The first-order valence-corrected chi connectivity index (χ1v) is 5.68. The van der Waals surface area contributed by atoms with Crippen LogP contribution in [0, 0.1) is 0 Å². The molecule has 1 fully saturated rings. The van der Waals surface area contributed by atoms with Crippen LogP contribution in [-0.2, 0) is 0 Å². The Hall–Kier alpha value is -0.730. The third kappa shape index (κ3) is 1.97. The van der Waals surface area contributed by atoms with Crippen molar-refractivity contribution in [3.05, 3.63) is 29.3 Å². The van der Waals surface area contributed by atoms with Gasteiger partial charge >= 0.3 is 0 Å². The van der Waals surface area contributed by atoms with Gasteiger partial charge in [0.2, 0.25) is 0 Å². The third-order valence-corrected chi connectivity index (χ3v) is 3.48. The second-order valence-corrected chi connectivity index (χ2v) is 4.82. The van der Waals surface area contributed by atoms with Gasteiger partial charge in [-0.1, -0.05) is 11.6 Å². The summed E-state index contributed by atoms with van der Waals surface area (Å²) >= 11 is 5.86. The van der Waals surface area contributed by atoms with Gasteiger partial charge in [-0.05, 0) is 44.0 Å². The maximum atomic E-state index is 9.44. The molecule has 1 N–H and O–H groups in total. The van der Waals surface area contributed by atoms with Crippen LogP contribution < -0.4 is 4.90 Å². The zero-order valence-electron chi connectivity index (χ0n) is 8.91. The SMILES string of the molecule is C[C@@]1(CO)CCCN1c1ccc(Cl)cc1. The van der Waals surface area contributed by atoms with Crippen LogP contribution in [-0.4, -0.2) is 23.8 Å². The molecule has 1 atom stereocenters. The highest BCUT2D eigenvalue weighted by Gasteiger charge is 2.35. The number of anilines is 1. The van der Waals surface area contributed by atoms with Crippen molar-refractivity contribution in [2.24, 2.45) is 0 Å². The van der Waals surface area contributed by atoms with Crippen molar-refractivity contribution in [2.45, 2.75) is 25.3 Å². The lowest BCUT2D eigenvalue weighted by atomic mass is 10.00. The minimum Gasteiger partial charge on any atom is -0.394 e. The van der Waals surface area contributed by atoms with Gasteiger partial charge in [0.05, 0.1) is 12.1 Å². The first-order chi connectivity index (χ1) is 7.15. The average Bonchev–Trinajstić information content (AvgIpc) is 2.63. The monoisotopic (exact) mass is 225 g/mol. The third-order valence-electron chi connectivity index (χ3n) is 3.23. The summed E-state index contributed by atoms with van der Waals surface area (Å²) in [5, 5.41) is 10.2. The molecule has 0 aliphatic carbocycles. The fraction of sp³-hybridized carbons (Fsp3) is 0.500. The smallest absolute Gasteiger partial charge is 0.0661 e. The van der Waals surface area contributed by atoms with Gasteiger partial charge < -0.3 is 10.0 Å². The molecule has 15 heavy (non-hydrogen) atoms. The predicted octanol–water partition coefficient (Wildman–Crippen LogP) is 2.69. The molecule has 0 radical (unpaired) electrons. The van der Waals surface area contributed by atoms with Crippen LogP contribution in [0.5, 0.6) is 0 Å². The Morgan fingerprint density at radius 1 is 1.40 bits per heavy atom. The normalized spacial score (nSPS) is 25.9. The second kappa shape index (κ2) is 4.03. The number of halogens is 1. The van der Waals surface area contributed by atoms with E-state index in [9.17, 15) is 5.11 Å². The van der Waals surface area contributed by atoms with Crippen LogP contribution in [0.25, 0.3) is 0 Å². The van der Waals surface area contributed by atoms with Gasteiger partial charge in [-0.15, -0.1) is 0 Å². The Morgan fingerprint density at radius 2 is 2.07 bits per heavy atom. The lowest BCUT2D eigenvalue weighted by molar-refractivity contribution is 0.210. The molecule has 0 unspecified atom stereocenters. The lowest BCUT2D eigenvalue weighted by Gasteiger charge is -2.35. The molecule has 2 nitrogen and oxygen atoms in total. The summed E-state index contributed by atoms with van der Waals surface area (Å²) in [6.07, 6.45) is 2.19. The van der Waals surface area contributed by atoms with Gasteiger partial charge in [-0.3, -0.25) is 0 Å². The second-order valence-electron chi connectivity index (χ2n) is 4.39. The molecule has 1 aromatic rings. The van der Waals surface area contributed by atoms with Gasteiger partial charge in [0.15, 0.2) is 0 Å². The van der Waals surface area contributed by atoms with E-state index >= 15 is 0 Å². The largest absolute Gasteiger partial charge is 0.394 e. The van der Waals surface area contributed by atoms with E-state index in [1.54, 1.807) is 0 Å². The molecular formula is C12H16ClNO. The van der Waals surface area contributed by atoms with Crippen molar-refractivity contribution >= 4 is 17.3 Å². The summed E-state index contributed by atoms with van der Waals surface area (Å²) in [6.45, 7) is 3.32. The van der Waals surface area contributed by atoms with Crippen LogP contribution >= 0.6 is 11.6 Å². The topological polar surface area (TPSA) is 23.5 Å². The first kappa shape index (κ1) is 10.8. The Morgan fingerprint density at radius 3 is 2.67 bits per heavy atom. The Bertz CT molecular complexity index is 338. The summed E-state index contributed by atoms with van der Waals surface area (Å²) in [6, 6.07) is 7.82. The minimum atomic E-state index is -0.103. The minimum absolute atomic E-state index is 0.103. The number of rotatable bonds is 2. The van der Waals surface area contributed by atoms with Crippen LogP contribution in [0.15, 0.2) is 24.3 Å². The fourth-order valence-electron chi connectivity index (χ4n) is 2.25. The number of aliphatic hydroxyl groups excluding tert-OH is 1. The van der Waals surface area contributed by atoms with E-state index in [1.807, 2.05) is 24.3 Å². The Balaban J connectivity index is 2.27. The van der Waals surface area contributed by atoms with Crippen molar-refractivity contribution < 1.29 is 5.11 Å². The van der Waals surface area contributed by atoms with Gasteiger partial charge in [0, 0.05) is 17.3 Å². The summed E-state index contributed by atoms with van der Waals surface area (Å²) in [5.74, 6) is 0. The van der Waals surface area contributed by atoms with Gasteiger partial charge in [0.25, 0.3) is 0 Å². The highest BCUT2D eigenvalue weighted by atomic mass is 35.5. The van der Waals surface area contributed by atoms with Crippen LogP contribution in [0.2, 0.25) is 5.02 Å². The van der Waals surface area contributed by atoms with E-state index in [2.05, 4.69) is 11.8 Å². The highest BCUT2D eigenvalue weighted by Crippen LogP contribution is 2.33. The van der Waals surface area contributed by atoms with Gasteiger partial charge in [-0.2, -0.15) is 0 Å². The number of nitrogens with zero attached hydrogens (tertiary/aromatic N) is 1. The molecule has 82 valence electrons. The average molecular weight is 226 g/mol. The summed E-state index contributed by atoms with van der Waals surface area (Å²) in [5.41, 5.74) is 1.04. The highest BCUT2D eigenvalue weighted by molar-refractivity contribution is 6.30. The zero-order chi connectivity index (χ0) is 10.9. The van der Waals surface area contributed by atoms with Crippen molar-refractivity contribution in [1.29, 1.82) is 0 Å². The molecule has 3 heteroatoms. The molecule has 1 aromatic carbocycles. The van der Waals surface area contributed by atoms with Crippen LogP contribution in [0.4, 0.5) is 5.69 Å². The summed E-state index contributed by atoms with van der Waals surface area (Å²) in [4.78, 5) is 2.27. The molecule has 0 aromatic heterocycles. The zero-order valence-corrected chi connectivity index (χ0v) is 9.67. The fourth-order valence-corrected chi connectivity index (χ4v) is 2.38. The van der Waals surface area contributed by atoms with Crippen molar-refractivity contribution in [3.63, 3.8) is 0 Å². The maximum absolute atomic E-state index is 9.44. The number of aliphatic hydroxyl groups is 1.